The second-order valence-electron chi connectivity index (χ2n) is 5.74. The van der Waals surface area contributed by atoms with Crippen molar-refractivity contribution < 1.29 is 18.0 Å². The maximum absolute atomic E-state index is 12.7. The molecule has 21 heavy (non-hydrogen) atoms. The van der Waals surface area contributed by atoms with Crippen LogP contribution in [0.15, 0.2) is 30.3 Å². The van der Waals surface area contributed by atoms with Crippen LogP contribution in [0.4, 0.5) is 13.2 Å². The summed E-state index contributed by atoms with van der Waals surface area (Å²) in [6.45, 7) is 2.64. The molecule has 0 aromatic heterocycles. The largest absolute Gasteiger partial charge is 0.406 e. The van der Waals surface area contributed by atoms with Crippen LogP contribution in [0.2, 0.25) is 0 Å². The minimum Gasteiger partial charge on any atom is -0.316 e. The second-order valence-corrected chi connectivity index (χ2v) is 5.74. The first-order chi connectivity index (χ1) is 9.78. The number of nitrogens with one attached hydrogen (secondary N) is 1. The Morgan fingerprint density at radius 2 is 1.86 bits per heavy atom. The number of hydrogen-bond donors (Lipinski definition) is 1. The molecule has 2 rings (SSSR count). The van der Waals surface area contributed by atoms with E-state index in [1.807, 2.05) is 19.9 Å². The van der Waals surface area contributed by atoms with Gasteiger partial charge in [0.2, 0.25) is 5.91 Å². The van der Waals surface area contributed by atoms with Crippen molar-refractivity contribution in [2.45, 2.75) is 38.7 Å². The first-order valence-electron chi connectivity index (χ1n) is 6.96. The molecule has 1 heterocycles. The molecule has 116 valence electrons. The minimum atomic E-state index is -4.39. The Morgan fingerprint density at radius 1 is 1.24 bits per heavy atom. The van der Waals surface area contributed by atoms with Crippen molar-refractivity contribution in [3.63, 3.8) is 0 Å². The van der Waals surface area contributed by atoms with Gasteiger partial charge in [0.05, 0.1) is 6.17 Å². The number of carbonyl (C=O) groups is 1. The first-order valence-corrected chi connectivity index (χ1v) is 6.96. The standard InChI is InChI=1S/C15H19F3N2O/c1-10(2)8-12-19-13(11-6-4-3-5-7-11)14(21)20(12)9-15(16,17)18/h3-7,10,12-13,19H,8-9H2,1-2H3. The molecule has 0 radical (unpaired) electrons. The van der Waals surface area contributed by atoms with Crippen molar-refractivity contribution in [2.24, 2.45) is 5.92 Å². The molecule has 0 saturated carbocycles. The maximum Gasteiger partial charge on any atom is 0.406 e. The summed E-state index contributed by atoms with van der Waals surface area (Å²) in [5.74, 6) is -0.315. The van der Waals surface area contributed by atoms with Gasteiger partial charge >= 0.3 is 6.18 Å². The lowest BCUT2D eigenvalue weighted by molar-refractivity contribution is -0.162. The van der Waals surface area contributed by atoms with Gasteiger partial charge in [0.15, 0.2) is 0 Å². The van der Waals surface area contributed by atoms with Crippen molar-refractivity contribution in [3.8, 4) is 0 Å². The Labute approximate surface area is 122 Å². The average Bonchev–Trinajstić information content (AvgIpc) is 2.66. The van der Waals surface area contributed by atoms with Crippen LogP contribution in [-0.4, -0.2) is 29.7 Å². The number of halogens is 3. The number of rotatable bonds is 4. The van der Waals surface area contributed by atoms with E-state index in [0.29, 0.717) is 12.0 Å². The molecule has 6 heteroatoms. The van der Waals surface area contributed by atoms with Crippen LogP contribution in [0.25, 0.3) is 0 Å². The van der Waals surface area contributed by atoms with Gasteiger partial charge in [-0.25, -0.2) is 0 Å². The van der Waals surface area contributed by atoms with Crippen LogP contribution in [0, 0.1) is 5.92 Å². The monoisotopic (exact) mass is 300 g/mol. The Hall–Kier alpha value is -1.56. The third-order valence-electron chi connectivity index (χ3n) is 3.44. The number of hydrogen-bond acceptors (Lipinski definition) is 2. The number of alkyl halides is 3. The van der Waals surface area contributed by atoms with E-state index in [1.54, 1.807) is 24.3 Å². The number of nitrogens with zero attached hydrogens (tertiary/aromatic N) is 1. The number of amides is 1. The van der Waals surface area contributed by atoms with Crippen LogP contribution in [0.3, 0.4) is 0 Å². The summed E-state index contributed by atoms with van der Waals surface area (Å²) in [4.78, 5) is 13.3. The molecule has 1 N–H and O–H groups in total. The van der Waals surface area contributed by atoms with E-state index in [-0.39, 0.29) is 5.92 Å². The minimum absolute atomic E-state index is 0.195. The average molecular weight is 300 g/mol. The molecule has 3 nitrogen and oxygen atoms in total. The van der Waals surface area contributed by atoms with E-state index in [1.165, 1.54) is 0 Å². The Balaban J connectivity index is 2.22. The summed E-state index contributed by atoms with van der Waals surface area (Å²) < 4.78 is 38.1. The van der Waals surface area contributed by atoms with Gasteiger partial charge in [-0.2, -0.15) is 13.2 Å². The highest BCUT2D eigenvalue weighted by Crippen LogP contribution is 2.30. The highest BCUT2D eigenvalue weighted by Gasteiger charge is 2.44. The fourth-order valence-electron chi connectivity index (χ4n) is 2.58. The molecule has 1 aliphatic rings. The van der Waals surface area contributed by atoms with Gasteiger partial charge in [0.1, 0.15) is 12.6 Å². The summed E-state index contributed by atoms with van der Waals surface area (Å²) in [6.07, 6.45) is -4.48. The number of carbonyl (C=O) groups excluding carboxylic acids is 1. The van der Waals surface area contributed by atoms with Crippen LogP contribution in [0.1, 0.15) is 31.9 Å². The molecule has 1 saturated heterocycles. The highest BCUT2D eigenvalue weighted by atomic mass is 19.4. The topological polar surface area (TPSA) is 32.3 Å². The summed E-state index contributed by atoms with van der Waals surface area (Å²) in [5, 5.41) is 3.04. The molecular weight excluding hydrogens is 281 g/mol. The Morgan fingerprint density at radius 3 is 2.38 bits per heavy atom. The normalized spacial score (nSPS) is 23.1. The zero-order chi connectivity index (χ0) is 15.6. The molecule has 2 unspecified atom stereocenters. The van der Waals surface area contributed by atoms with Crippen LogP contribution in [-0.2, 0) is 4.79 Å². The van der Waals surface area contributed by atoms with Crippen LogP contribution < -0.4 is 5.32 Å². The van der Waals surface area contributed by atoms with Gasteiger partial charge in [0, 0.05) is 0 Å². The summed E-state index contributed by atoms with van der Waals surface area (Å²) in [7, 11) is 0. The van der Waals surface area contributed by atoms with Crippen molar-refractivity contribution in [1.29, 1.82) is 0 Å². The Bertz CT molecular complexity index is 487. The van der Waals surface area contributed by atoms with E-state index in [9.17, 15) is 18.0 Å². The zero-order valence-electron chi connectivity index (χ0n) is 12.0. The molecular formula is C15H19F3N2O. The summed E-state index contributed by atoms with van der Waals surface area (Å²) >= 11 is 0. The SMILES string of the molecule is CC(C)CC1NC(c2ccccc2)C(=O)N1CC(F)(F)F. The van der Waals surface area contributed by atoms with Gasteiger partial charge in [-0.3, -0.25) is 10.1 Å². The van der Waals surface area contributed by atoms with Crippen molar-refractivity contribution >= 4 is 5.91 Å². The number of benzene rings is 1. The molecule has 0 aliphatic carbocycles. The summed E-state index contributed by atoms with van der Waals surface area (Å²) in [6, 6.07) is 8.15. The van der Waals surface area contributed by atoms with E-state index >= 15 is 0 Å². The molecule has 2 atom stereocenters. The third-order valence-corrected chi connectivity index (χ3v) is 3.44. The molecule has 0 spiro atoms. The molecule has 1 fully saturated rings. The highest BCUT2D eigenvalue weighted by molar-refractivity contribution is 5.85. The predicted octanol–water partition coefficient (Wildman–Crippen LogP) is 3.09. The lowest BCUT2D eigenvalue weighted by atomic mass is 10.1. The van der Waals surface area contributed by atoms with Crippen molar-refractivity contribution in [3.05, 3.63) is 35.9 Å². The predicted molar refractivity (Wildman–Crippen MR) is 73.3 cm³/mol. The van der Waals surface area contributed by atoms with Crippen molar-refractivity contribution in [1.82, 2.24) is 10.2 Å². The third kappa shape index (κ3) is 3.97. The first kappa shape index (κ1) is 15.8. The molecule has 1 aromatic carbocycles. The van der Waals surface area contributed by atoms with Gasteiger partial charge in [-0.05, 0) is 17.9 Å². The van der Waals surface area contributed by atoms with Crippen LogP contribution >= 0.6 is 0 Å². The van der Waals surface area contributed by atoms with E-state index < -0.39 is 30.8 Å². The van der Waals surface area contributed by atoms with Gasteiger partial charge < -0.3 is 4.90 Å². The van der Waals surface area contributed by atoms with Crippen LogP contribution in [0.5, 0.6) is 0 Å². The van der Waals surface area contributed by atoms with E-state index in [0.717, 1.165) is 4.90 Å². The molecule has 1 aromatic rings. The second kappa shape index (κ2) is 6.05. The quantitative estimate of drug-likeness (QED) is 0.926. The molecule has 0 bridgehead atoms. The fourth-order valence-corrected chi connectivity index (χ4v) is 2.58. The van der Waals surface area contributed by atoms with Crippen molar-refractivity contribution in [2.75, 3.05) is 6.54 Å². The van der Waals surface area contributed by atoms with Gasteiger partial charge in [-0.15, -0.1) is 0 Å². The summed E-state index contributed by atoms with van der Waals surface area (Å²) in [5.41, 5.74) is 0.695. The smallest absolute Gasteiger partial charge is 0.316 e. The van der Waals surface area contributed by atoms with E-state index in [4.69, 9.17) is 0 Å². The Kier molecular flexibility index (Phi) is 4.56. The van der Waals surface area contributed by atoms with Gasteiger partial charge in [-0.1, -0.05) is 44.2 Å². The molecule has 1 aliphatic heterocycles. The van der Waals surface area contributed by atoms with Gasteiger partial charge in [0.25, 0.3) is 0 Å². The fraction of sp³-hybridized carbons (Fsp3) is 0.533. The lowest BCUT2D eigenvalue weighted by Gasteiger charge is -2.26. The lowest BCUT2D eigenvalue weighted by Crippen LogP contribution is -2.43. The van der Waals surface area contributed by atoms with E-state index in [2.05, 4.69) is 5.32 Å². The molecule has 1 amide bonds. The zero-order valence-corrected chi connectivity index (χ0v) is 12.0. The maximum atomic E-state index is 12.7.